The normalized spacial score (nSPS) is 10.5. The molecular formula is C13H11BrCl2N2O. The molecule has 0 unspecified atom stereocenters. The lowest BCUT2D eigenvalue weighted by molar-refractivity contribution is 0.462. The number of ether oxygens (including phenoxy) is 1. The molecule has 0 aliphatic rings. The number of nitrogens with two attached hydrogens (primary N) is 1. The van der Waals surface area contributed by atoms with Crippen LogP contribution < -0.4 is 10.5 Å². The highest BCUT2D eigenvalue weighted by Crippen LogP contribution is 2.36. The average molecular weight is 362 g/mol. The summed E-state index contributed by atoms with van der Waals surface area (Å²) in [5.74, 6) is 0.926. The van der Waals surface area contributed by atoms with Crippen LogP contribution in [0.15, 0.2) is 34.9 Å². The highest BCUT2D eigenvalue weighted by molar-refractivity contribution is 9.10. The first kappa shape index (κ1) is 14.6. The van der Waals surface area contributed by atoms with Gasteiger partial charge in [-0.05, 0) is 40.5 Å². The van der Waals surface area contributed by atoms with E-state index >= 15 is 0 Å². The fourth-order valence-electron chi connectivity index (χ4n) is 1.48. The summed E-state index contributed by atoms with van der Waals surface area (Å²) in [7, 11) is 0. The summed E-state index contributed by atoms with van der Waals surface area (Å²) in [6.45, 7) is 0.593. The molecular weight excluding hydrogens is 351 g/mol. The lowest BCUT2D eigenvalue weighted by atomic mass is 10.2. The molecule has 100 valence electrons. The van der Waals surface area contributed by atoms with Crippen molar-refractivity contribution in [2.45, 2.75) is 6.42 Å². The van der Waals surface area contributed by atoms with Crippen molar-refractivity contribution < 1.29 is 4.74 Å². The number of rotatable bonds is 4. The van der Waals surface area contributed by atoms with E-state index in [9.17, 15) is 0 Å². The van der Waals surface area contributed by atoms with Gasteiger partial charge in [0.1, 0.15) is 5.75 Å². The monoisotopic (exact) mass is 360 g/mol. The minimum atomic E-state index is 0.459. The molecule has 1 heterocycles. The summed E-state index contributed by atoms with van der Waals surface area (Å²) in [5.41, 5.74) is 6.54. The maximum Gasteiger partial charge on any atom is 0.219 e. The van der Waals surface area contributed by atoms with Gasteiger partial charge in [-0.3, -0.25) is 0 Å². The molecule has 0 atom stereocenters. The van der Waals surface area contributed by atoms with E-state index in [1.165, 1.54) is 0 Å². The van der Waals surface area contributed by atoms with Crippen molar-refractivity contribution in [1.82, 2.24) is 4.98 Å². The first-order valence-electron chi connectivity index (χ1n) is 5.57. The molecule has 0 bridgehead atoms. The molecule has 0 aliphatic carbocycles. The number of nitrogens with zero attached hydrogens (tertiary/aromatic N) is 1. The molecule has 0 amide bonds. The van der Waals surface area contributed by atoms with Gasteiger partial charge in [-0.2, -0.15) is 0 Å². The molecule has 1 aromatic carbocycles. The van der Waals surface area contributed by atoms with E-state index in [0.717, 1.165) is 16.5 Å². The van der Waals surface area contributed by atoms with Crippen LogP contribution in [-0.4, -0.2) is 11.5 Å². The zero-order valence-corrected chi connectivity index (χ0v) is 13.0. The third kappa shape index (κ3) is 3.83. The van der Waals surface area contributed by atoms with Crippen LogP contribution in [0.1, 0.15) is 5.56 Å². The van der Waals surface area contributed by atoms with Crippen LogP contribution in [-0.2, 0) is 6.42 Å². The van der Waals surface area contributed by atoms with Crippen LogP contribution in [0.4, 0.5) is 0 Å². The summed E-state index contributed by atoms with van der Waals surface area (Å²) in [6.07, 6.45) is 2.52. The SMILES string of the molecule is NCCc1ccc(Oc2cc(Cl)c(Br)cc2Cl)nc1. The number of hydrogen-bond acceptors (Lipinski definition) is 3. The minimum Gasteiger partial charge on any atom is -0.437 e. The molecule has 0 saturated heterocycles. The highest BCUT2D eigenvalue weighted by Gasteiger charge is 2.08. The highest BCUT2D eigenvalue weighted by atomic mass is 79.9. The van der Waals surface area contributed by atoms with Crippen molar-refractivity contribution in [3.05, 3.63) is 50.5 Å². The first-order valence-corrected chi connectivity index (χ1v) is 7.12. The van der Waals surface area contributed by atoms with Gasteiger partial charge in [0.05, 0.1) is 10.0 Å². The van der Waals surface area contributed by atoms with E-state index in [-0.39, 0.29) is 0 Å². The molecule has 3 nitrogen and oxygen atoms in total. The molecule has 2 N–H and O–H groups in total. The van der Waals surface area contributed by atoms with Crippen LogP contribution in [0.2, 0.25) is 10.0 Å². The first-order chi connectivity index (χ1) is 9.10. The van der Waals surface area contributed by atoms with Crippen molar-refractivity contribution >= 4 is 39.1 Å². The number of halogens is 3. The molecule has 0 aliphatic heterocycles. The Morgan fingerprint density at radius 1 is 1.21 bits per heavy atom. The van der Waals surface area contributed by atoms with E-state index < -0.39 is 0 Å². The van der Waals surface area contributed by atoms with Gasteiger partial charge in [0.2, 0.25) is 5.88 Å². The molecule has 0 spiro atoms. The molecule has 0 radical (unpaired) electrons. The second-order valence-electron chi connectivity index (χ2n) is 3.84. The number of hydrogen-bond donors (Lipinski definition) is 1. The summed E-state index contributed by atoms with van der Waals surface area (Å²) in [6, 6.07) is 7.02. The zero-order valence-electron chi connectivity index (χ0n) is 9.87. The van der Waals surface area contributed by atoms with Crippen LogP contribution in [0.3, 0.4) is 0 Å². The average Bonchev–Trinajstić information content (AvgIpc) is 2.38. The van der Waals surface area contributed by atoms with Gasteiger partial charge in [0.25, 0.3) is 0 Å². The van der Waals surface area contributed by atoms with Crippen molar-refractivity contribution in [3.63, 3.8) is 0 Å². The van der Waals surface area contributed by atoms with Crippen molar-refractivity contribution in [2.24, 2.45) is 5.73 Å². The van der Waals surface area contributed by atoms with Gasteiger partial charge in [-0.1, -0.05) is 29.3 Å². The standard InChI is InChI=1S/C13H11BrCl2N2O/c14-9-5-11(16)12(6-10(9)15)19-13-2-1-8(3-4-17)7-18-13/h1-2,5-7H,3-4,17H2. The Balaban J connectivity index is 2.19. The van der Waals surface area contributed by atoms with Crippen LogP contribution >= 0.6 is 39.1 Å². The quantitative estimate of drug-likeness (QED) is 0.818. The predicted molar refractivity (Wildman–Crippen MR) is 81.2 cm³/mol. The smallest absolute Gasteiger partial charge is 0.219 e. The van der Waals surface area contributed by atoms with E-state index in [1.807, 2.05) is 6.07 Å². The Labute approximate surface area is 129 Å². The van der Waals surface area contributed by atoms with Crippen LogP contribution in [0.5, 0.6) is 11.6 Å². The Bertz CT molecular complexity index is 576. The van der Waals surface area contributed by atoms with Gasteiger partial charge < -0.3 is 10.5 Å². The largest absolute Gasteiger partial charge is 0.437 e. The summed E-state index contributed by atoms with van der Waals surface area (Å²) < 4.78 is 6.32. The molecule has 0 saturated carbocycles. The summed E-state index contributed by atoms with van der Waals surface area (Å²) in [5, 5.41) is 0.989. The van der Waals surface area contributed by atoms with E-state index in [0.29, 0.717) is 28.2 Å². The fraction of sp³-hybridized carbons (Fsp3) is 0.154. The van der Waals surface area contributed by atoms with Crippen molar-refractivity contribution in [1.29, 1.82) is 0 Å². The second-order valence-corrected chi connectivity index (χ2v) is 5.51. The molecule has 19 heavy (non-hydrogen) atoms. The lowest BCUT2D eigenvalue weighted by Gasteiger charge is -2.08. The van der Waals surface area contributed by atoms with Crippen LogP contribution in [0, 0.1) is 0 Å². The summed E-state index contributed by atoms with van der Waals surface area (Å²) >= 11 is 15.4. The second kappa shape index (κ2) is 6.57. The summed E-state index contributed by atoms with van der Waals surface area (Å²) in [4.78, 5) is 4.19. The number of benzene rings is 1. The number of aromatic nitrogens is 1. The van der Waals surface area contributed by atoms with Gasteiger partial charge in [-0.15, -0.1) is 0 Å². The predicted octanol–water partition coefficient (Wildman–Crippen LogP) is 4.44. The van der Waals surface area contributed by atoms with Crippen molar-refractivity contribution in [2.75, 3.05) is 6.54 Å². The molecule has 2 rings (SSSR count). The van der Waals surface area contributed by atoms with Gasteiger partial charge in [-0.25, -0.2) is 4.98 Å². The maximum absolute atomic E-state index is 6.07. The van der Waals surface area contributed by atoms with Gasteiger partial charge in [0.15, 0.2) is 0 Å². The maximum atomic E-state index is 6.07. The zero-order chi connectivity index (χ0) is 13.8. The van der Waals surface area contributed by atoms with E-state index in [4.69, 9.17) is 33.7 Å². The molecule has 6 heteroatoms. The lowest BCUT2D eigenvalue weighted by Crippen LogP contribution is -2.02. The number of pyridine rings is 1. The van der Waals surface area contributed by atoms with Gasteiger partial charge >= 0.3 is 0 Å². The van der Waals surface area contributed by atoms with Gasteiger partial charge in [0, 0.05) is 22.8 Å². The Hall–Kier alpha value is -0.810. The fourth-order valence-corrected chi connectivity index (χ4v) is 2.31. The Morgan fingerprint density at radius 3 is 2.63 bits per heavy atom. The third-order valence-electron chi connectivity index (χ3n) is 2.42. The topological polar surface area (TPSA) is 48.1 Å². The Kier molecular flexibility index (Phi) is 5.05. The Morgan fingerprint density at radius 2 is 2.00 bits per heavy atom. The minimum absolute atomic E-state index is 0.459. The molecule has 0 fully saturated rings. The molecule has 1 aromatic heterocycles. The van der Waals surface area contributed by atoms with Crippen LogP contribution in [0.25, 0.3) is 0 Å². The van der Waals surface area contributed by atoms with E-state index in [2.05, 4.69) is 20.9 Å². The third-order valence-corrected chi connectivity index (χ3v) is 3.91. The van der Waals surface area contributed by atoms with Crippen molar-refractivity contribution in [3.8, 4) is 11.6 Å². The molecule has 2 aromatic rings. The van der Waals surface area contributed by atoms with E-state index in [1.54, 1.807) is 24.4 Å².